The molecule has 6 heteroatoms. The third-order valence-corrected chi connectivity index (χ3v) is 7.85. The lowest BCUT2D eigenvalue weighted by molar-refractivity contribution is 0.0699. The number of hydrogen-bond donors (Lipinski definition) is 0. The maximum absolute atomic E-state index is 13.8. The van der Waals surface area contributed by atoms with Crippen molar-refractivity contribution in [1.29, 1.82) is 0 Å². The monoisotopic (exact) mass is 487 g/mol. The minimum absolute atomic E-state index is 0.0215. The Kier molecular flexibility index (Phi) is 5.52. The van der Waals surface area contributed by atoms with Crippen LogP contribution in [0.15, 0.2) is 78.9 Å². The first-order valence-electron chi connectivity index (χ1n) is 11.3. The van der Waals surface area contributed by atoms with Gasteiger partial charge in [0, 0.05) is 16.4 Å². The average molecular weight is 488 g/mol. The quantitative estimate of drug-likeness (QED) is 0.325. The lowest BCUT2D eigenvalue weighted by atomic mass is 9.88. The minimum atomic E-state index is -0.217. The first-order chi connectivity index (χ1) is 16.7. The van der Waals surface area contributed by atoms with E-state index in [-0.39, 0.29) is 11.9 Å². The number of ether oxygens (including phenoxy) is 2. The molecular formula is C28H22ClNO3S. The maximum atomic E-state index is 13.8. The van der Waals surface area contributed by atoms with Gasteiger partial charge in [-0.3, -0.25) is 4.79 Å². The summed E-state index contributed by atoms with van der Waals surface area (Å²) in [4.78, 5) is 17.5. The topological polar surface area (TPSA) is 38.8 Å². The van der Waals surface area contributed by atoms with Crippen LogP contribution in [0.3, 0.4) is 0 Å². The molecule has 0 saturated carbocycles. The molecule has 0 saturated heterocycles. The standard InChI is InChI=1S/C28H22ClNO3S/c29-22-8-4-3-7-21(22)27-20-6-2-1-5-18(20)13-14-30(27)28(31)26-12-11-25(34-26)19-9-10-23-24(17-19)33-16-15-32-23/h1-12,17,27H,13-16H2. The number of amides is 1. The van der Waals surface area contributed by atoms with E-state index in [4.69, 9.17) is 21.1 Å². The van der Waals surface area contributed by atoms with Crippen molar-refractivity contribution in [2.24, 2.45) is 0 Å². The second kappa shape index (κ2) is 8.82. The second-order valence-electron chi connectivity index (χ2n) is 8.39. The van der Waals surface area contributed by atoms with Crippen molar-refractivity contribution < 1.29 is 14.3 Å². The summed E-state index contributed by atoms with van der Waals surface area (Å²) < 4.78 is 11.4. The molecule has 6 rings (SSSR count). The van der Waals surface area contributed by atoms with Crippen LogP contribution in [-0.2, 0) is 6.42 Å². The molecule has 0 aliphatic carbocycles. The largest absolute Gasteiger partial charge is 0.486 e. The van der Waals surface area contributed by atoms with Crippen LogP contribution in [0.5, 0.6) is 11.5 Å². The van der Waals surface area contributed by atoms with Gasteiger partial charge in [0.1, 0.15) is 13.2 Å². The van der Waals surface area contributed by atoms with Gasteiger partial charge in [-0.25, -0.2) is 0 Å². The summed E-state index contributed by atoms with van der Waals surface area (Å²) in [7, 11) is 0. The van der Waals surface area contributed by atoms with E-state index in [0.717, 1.165) is 39.5 Å². The van der Waals surface area contributed by atoms with Gasteiger partial charge in [0.05, 0.1) is 10.9 Å². The Morgan fingerprint density at radius 1 is 0.882 bits per heavy atom. The predicted molar refractivity (Wildman–Crippen MR) is 135 cm³/mol. The fourth-order valence-corrected chi connectivity index (χ4v) is 5.96. The molecule has 0 radical (unpaired) electrons. The first-order valence-corrected chi connectivity index (χ1v) is 12.5. The summed E-state index contributed by atoms with van der Waals surface area (Å²) in [5.74, 6) is 1.53. The van der Waals surface area contributed by atoms with Crippen LogP contribution in [0.4, 0.5) is 0 Å². The van der Waals surface area contributed by atoms with E-state index in [2.05, 4.69) is 18.2 Å². The van der Waals surface area contributed by atoms with Crippen molar-refractivity contribution in [3.05, 3.63) is 105 Å². The zero-order valence-electron chi connectivity index (χ0n) is 18.4. The van der Waals surface area contributed by atoms with Crippen LogP contribution in [0, 0.1) is 0 Å². The normalized spacial score (nSPS) is 16.7. The van der Waals surface area contributed by atoms with Gasteiger partial charge >= 0.3 is 0 Å². The molecule has 3 heterocycles. The molecule has 4 aromatic rings. The molecule has 2 aliphatic rings. The molecule has 4 nitrogen and oxygen atoms in total. The third-order valence-electron chi connectivity index (χ3n) is 6.39. The molecular weight excluding hydrogens is 466 g/mol. The molecule has 34 heavy (non-hydrogen) atoms. The van der Waals surface area contributed by atoms with Crippen LogP contribution in [-0.4, -0.2) is 30.6 Å². The van der Waals surface area contributed by atoms with Crippen molar-refractivity contribution in [3.63, 3.8) is 0 Å². The Morgan fingerprint density at radius 2 is 1.65 bits per heavy atom. The van der Waals surface area contributed by atoms with Gasteiger partial charge in [-0.15, -0.1) is 11.3 Å². The number of thiophene rings is 1. The molecule has 2 aliphatic heterocycles. The van der Waals surface area contributed by atoms with E-state index >= 15 is 0 Å². The number of nitrogens with zero attached hydrogens (tertiary/aromatic N) is 1. The average Bonchev–Trinajstić information content (AvgIpc) is 3.38. The molecule has 1 unspecified atom stereocenters. The lowest BCUT2D eigenvalue weighted by Crippen LogP contribution is -2.40. The molecule has 1 atom stereocenters. The van der Waals surface area contributed by atoms with Gasteiger partial charge in [0.25, 0.3) is 5.91 Å². The molecule has 0 spiro atoms. The Balaban J connectivity index is 1.35. The zero-order valence-corrected chi connectivity index (χ0v) is 19.9. The highest BCUT2D eigenvalue weighted by Gasteiger charge is 2.34. The Labute approximate surface area is 207 Å². The molecule has 1 amide bonds. The number of carbonyl (C=O) groups excluding carboxylic acids is 1. The van der Waals surface area contributed by atoms with Crippen molar-refractivity contribution in [1.82, 2.24) is 4.90 Å². The third kappa shape index (κ3) is 3.75. The Bertz CT molecular complexity index is 1380. The van der Waals surface area contributed by atoms with E-state index in [0.29, 0.717) is 29.7 Å². The summed E-state index contributed by atoms with van der Waals surface area (Å²) in [6.07, 6.45) is 0.823. The summed E-state index contributed by atoms with van der Waals surface area (Å²) in [6, 6.07) is 25.8. The minimum Gasteiger partial charge on any atom is -0.486 e. The highest BCUT2D eigenvalue weighted by atomic mass is 35.5. The molecule has 0 fully saturated rings. The van der Waals surface area contributed by atoms with Crippen LogP contribution in [0.1, 0.15) is 32.4 Å². The maximum Gasteiger partial charge on any atom is 0.264 e. The SMILES string of the molecule is O=C(c1ccc(-c2ccc3c(c2)OCCO3)s1)N1CCc2ccccc2C1c1ccccc1Cl. The fraction of sp³-hybridized carbons (Fsp3) is 0.179. The number of halogens is 1. The van der Waals surface area contributed by atoms with Crippen LogP contribution >= 0.6 is 22.9 Å². The van der Waals surface area contributed by atoms with Gasteiger partial charge in [0.2, 0.25) is 0 Å². The lowest BCUT2D eigenvalue weighted by Gasteiger charge is -2.38. The van der Waals surface area contributed by atoms with Gasteiger partial charge in [-0.2, -0.15) is 0 Å². The van der Waals surface area contributed by atoms with Gasteiger partial charge in [-0.05, 0) is 65.1 Å². The van der Waals surface area contributed by atoms with E-state index in [1.165, 1.54) is 16.9 Å². The van der Waals surface area contributed by atoms with Crippen molar-refractivity contribution in [2.75, 3.05) is 19.8 Å². The van der Waals surface area contributed by atoms with E-state index < -0.39 is 0 Å². The highest BCUT2D eigenvalue weighted by Crippen LogP contribution is 2.41. The van der Waals surface area contributed by atoms with Crippen molar-refractivity contribution in [3.8, 4) is 21.9 Å². The molecule has 3 aromatic carbocycles. The molecule has 0 bridgehead atoms. The van der Waals surface area contributed by atoms with Crippen LogP contribution in [0.2, 0.25) is 5.02 Å². The number of benzene rings is 3. The van der Waals surface area contributed by atoms with Gasteiger partial charge < -0.3 is 14.4 Å². The molecule has 0 N–H and O–H groups in total. The number of fused-ring (bicyclic) bond motifs is 2. The summed E-state index contributed by atoms with van der Waals surface area (Å²) in [5, 5.41) is 0.671. The van der Waals surface area contributed by atoms with Gasteiger partial charge in [0.15, 0.2) is 11.5 Å². The van der Waals surface area contributed by atoms with E-state index in [1.807, 2.05) is 65.6 Å². The predicted octanol–water partition coefficient (Wildman–Crippen LogP) is 6.63. The van der Waals surface area contributed by atoms with Crippen molar-refractivity contribution >= 4 is 28.8 Å². The van der Waals surface area contributed by atoms with Gasteiger partial charge in [-0.1, -0.05) is 54.1 Å². The number of hydrogen-bond acceptors (Lipinski definition) is 4. The first kappa shape index (κ1) is 21.3. The number of carbonyl (C=O) groups is 1. The van der Waals surface area contributed by atoms with Crippen molar-refractivity contribution in [2.45, 2.75) is 12.5 Å². The number of rotatable bonds is 3. The smallest absolute Gasteiger partial charge is 0.264 e. The summed E-state index contributed by atoms with van der Waals surface area (Å²) in [6.45, 7) is 1.75. The Morgan fingerprint density at radius 3 is 2.50 bits per heavy atom. The van der Waals surface area contributed by atoms with E-state index in [1.54, 1.807) is 0 Å². The summed E-state index contributed by atoms with van der Waals surface area (Å²) >= 11 is 8.13. The van der Waals surface area contributed by atoms with Crippen LogP contribution in [0.25, 0.3) is 10.4 Å². The second-order valence-corrected chi connectivity index (χ2v) is 9.88. The summed E-state index contributed by atoms with van der Waals surface area (Å²) in [5.41, 5.74) is 4.37. The fourth-order valence-electron chi connectivity index (χ4n) is 4.76. The van der Waals surface area contributed by atoms with E-state index in [9.17, 15) is 4.79 Å². The highest BCUT2D eigenvalue weighted by molar-refractivity contribution is 7.17. The Hall–Kier alpha value is -3.28. The zero-order chi connectivity index (χ0) is 23.1. The molecule has 1 aromatic heterocycles. The van der Waals surface area contributed by atoms with Crippen LogP contribution < -0.4 is 9.47 Å². The molecule has 170 valence electrons.